The largest absolute Gasteiger partial charge is 0.466 e. The SMILES string of the molecule is CC(=O)OCC1CCN(S(=O)(=O)N2CCC(c3cnn(C)c3)CC2)CC1. The van der Waals surface area contributed by atoms with E-state index < -0.39 is 10.2 Å². The molecule has 9 heteroatoms. The van der Waals surface area contributed by atoms with E-state index in [0.29, 0.717) is 38.7 Å². The summed E-state index contributed by atoms with van der Waals surface area (Å²) in [6, 6.07) is 0. The standard InChI is InChI=1S/C17H28N4O4S/c1-14(22)25-13-15-3-7-20(8-4-15)26(23,24)21-9-5-16(6-10-21)17-11-18-19(2)12-17/h11-12,15-16H,3-10,13H2,1-2H3. The zero-order chi connectivity index (χ0) is 18.7. The van der Waals surface area contributed by atoms with Crippen LogP contribution in [0, 0.1) is 5.92 Å². The highest BCUT2D eigenvalue weighted by Gasteiger charge is 2.35. The van der Waals surface area contributed by atoms with Crippen LogP contribution in [0.25, 0.3) is 0 Å². The average molecular weight is 385 g/mol. The highest BCUT2D eigenvalue weighted by molar-refractivity contribution is 7.86. The molecule has 26 heavy (non-hydrogen) atoms. The number of aromatic nitrogens is 2. The quantitative estimate of drug-likeness (QED) is 0.710. The summed E-state index contributed by atoms with van der Waals surface area (Å²) >= 11 is 0. The molecule has 146 valence electrons. The van der Waals surface area contributed by atoms with Crippen LogP contribution in [0.5, 0.6) is 0 Å². The fourth-order valence-electron chi connectivity index (χ4n) is 3.78. The molecule has 0 amide bonds. The summed E-state index contributed by atoms with van der Waals surface area (Å²) in [5.74, 6) is 0.350. The monoisotopic (exact) mass is 384 g/mol. The van der Waals surface area contributed by atoms with E-state index in [-0.39, 0.29) is 11.9 Å². The maximum atomic E-state index is 12.9. The molecule has 0 radical (unpaired) electrons. The molecule has 0 atom stereocenters. The lowest BCUT2D eigenvalue weighted by atomic mass is 9.93. The van der Waals surface area contributed by atoms with Crippen LogP contribution in [-0.2, 0) is 26.8 Å². The van der Waals surface area contributed by atoms with Gasteiger partial charge in [0.05, 0.1) is 12.8 Å². The second-order valence-corrected chi connectivity index (χ2v) is 9.20. The molecule has 2 aliphatic rings. The molecule has 2 saturated heterocycles. The normalized spacial score (nSPS) is 21.8. The smallest absolute Gasteiger partial charge is 0.302 e. The number of ether oxygens (including phenoxy) is 1. The Morgan fingerprint density at radius 1 is 1.15 bits per heavy atom. The lowest BCUT2D eigenvalue weighted by Gasteiger charge is -2.37. The van der Waals surface area contributed by atoms with E-state index in [0.717, 1.165) is 25.7 Å². The van der Waals surface area contributed by atoms with E-state index in [4.69, 9.17) is 4.74 Å². The molecule has 0 unspecified atom stereocenters. The molecule has 3 rings (SSSR count). The Balaban J connectivity index is 1.51. The minimum atomic E-state index is -3.40. The zero-order valence-corrected chi connectivity index (χ0v) is 16.3. The lowest BCUT2D eigenvalue weighted by Crippen LogP contribution is -2.49. The van der Waals surface area contributed by atoms with Gasteiger partial charge in [0.15, 0.2) is 0 Å². The van der Waals surface area contributed by atoms with Gasteiger partial charge in [0.1, 0.15) is 0 Å². The summed E-state index contributed by atoms with van der Waals surface area (Å²) in [5.41, 5.74) is 1.19. The van der Waals surface area contributed by atoms with E-state index in [2.05, 4.69) is 5.10 Å². The van der Waals surface area contributed by atoms with Crippen LogP contribution < -0.4 is 0 Å². The van der Waals surface area contributed by atoms with Gasteiger partial charge in [-0.1, -0.05) is 0 Å². The zero-order valence-electron chi connectivity index (χ0n) is 15.5. The van der Waals surface area contributed by atoms with Gasteiger partial charge in [-0.3, -0.25) is 9.48 Å². The van der Waals surface area contributed by atoms with Gasteiger partial charge in [-0.25, -0.2) is 0 Å². The molecule has 0 spiro atoms. The van der Waals surface area contributed by atoms with Crippen molar-refractivity contribution >= 4 is 16.2 Å². The number of esters is 1. The minimum absolute atomic E-state index is 0.252. The second-order valence-electron chi connectivity index (χ2n) is 7.27. The Morgan fingerprint density at radius 3 is 2.23 bits per heavy atom. The van der Waals surface area contributed by atoms with Crippen molar-refractivity contribution in [1.29, 1.82) is 0 Å². The Labute approximate surface area is 155 Å². The number of nitrogens with zero attached hydrogens (tertiary/aromatic N) is 4. The van der Waals surface area contributed by atoms with E-state index >= 15 is 0 Å². The van der Waals surface area contributed by atoms with Crippen LogP contribution in [0.2, 0.25) is 0 Å². The molecular weight excluding hydrogens is 356 g/mol. The first-order valence-corrected chi connectivity index (χ1v) is 10.6. The first kappa shape index (κ1) is 19.3. The number of rotatable bonds is 5. The predicted octanol–water partition coefficient (Wildman–Crippen LogP) is 1.12. The summed E-state index contributed by atoms with van der Waals surface area (Å²) in [6.45, 7) is 3.88. The highest BCUT2D eigenvalue weighted by atomic mass is 32.2. The summed E-state index contributed by atoms with van der Waals surface area (Å²) in [6.07, 6.45) is 7.02. The van der Waals surface area contributed by atoms with Gasteiger partial charge in [0.2, 0.25) is 0 Å². The van der Waals surface area contributed by atoms with Crippen molar-refractivity contribution in [3.8, 4) is 0 Å². The fourth-order valence-corrected chi connectivity index (χ4v) is 5.45. The molecule has 2 aliphatic heterocycles. The number of aryl methyl sites for hydroxylation is 1. The lowest BCUT2D eigenvalue weighted by molar-refractivity contribution is -0.142. The predicted molar refractivity (Wildman–Crippen MR) is 96.6 cm³/mol. The van der Waals surface area contributed by atoms with Gasteiger partial charge < -0.3 is 4.74 Å². The van der Waals surface area contributed by atoms with Gasteiger partial charge in [0, 0.05) is 46.3 Å². The maximum absolute atomic E-state index is 12.9. The molecule has 0 aliphatic carbocycles. The number of carbonyl (C=O) groups is 1. The minimum Gasteiger partial charge on any atom is -0.466 e. The molecule has 8 nitrogen and oxygen atoms in total. The van der Waals surface area contributed by atoms with Gasteiger partial charge >= 0.3 is 5.97 Å². The number of hydrogen-bond acceptors (Lipinski definition) is 5. The first-order valence-electron chi connectivity index (χ1n) is 9.23. The molecule has 0 saturated carbocycles. The van der Waals surface area contributed by atoms with E-state index in [1.807, 2.05) is 19.4 Å². The van der Waals surface area contributed by atoms with Crippen LogP contribution in [0.3, 0.4) is 0 Å². The summed E-state index contributed by atoms with van der Waals surface area (Å²) in [5, 5.41) is 4.21. The van der Waals surface area contributed by atoms with Crippen LogP contribution in [0.15, 0.2) is 12.4 Å². The van der Waals surface area contributed by atoms with Crippen LogP contribution in [0.4, 0.5) is 0 Å². The molecule has 2 fully saturated rings. The van der Waals surface area contributed by atoms with Crippen molar-refractivity contribution in [2.24, 2.45) is 13.0 Å². The second kappa shape index (κ2) is 8.06. The van der Waals surface area contributed by atoms with Gasteiger partial charge in [-0.2, -0.15) is 22.1 Å². The summed E-state index contributed by atoms with van der Waals surface area (Å²) in [4.78, 5) is 10.9. The summed E-state index contributed by atoms with van der Waals surface area (Å²) < 4.78 is 35.9. The van der Waals surface area contributed by atoms with Crippen LogP contribution in [-0.4, -0.2) is 65.6 Å². The average Bonchev–Trinajstić information content (AvgIpc) is 3.07. The van der Waals surface area contributed by atoms with Gasteiger partial charge in [0.25, 0.3) is 10.2 Å². The third-order valence-corrected chi connectivity index (χ3v) is 7.43. The van der Waals surface area contributed by atoms with E-state index in [1.54, 1.807) is 13.3 Å². The van der Waals surface area contributed by atoms with E-state index in [1.165, 1.54) is 12.5 Å². The molecular formula is C17H28N4O4S. The third-order valence-electron chi connectivity index (χ3n) is 5.40. The summed E-state index contributed by atoms with van der Waals surface area (Å²) in [7, 11) is -1.51. The fraction of sp³-hybridized carbons (Fsp3) is 0.765. The Kier molecular flexibility index (Phi) is 5.99. The molecule has 1 aromatic rings. The van der Waals surface area contributed by atoms with Crippen molar-refractivity contribution < 1.29 is 17.9 Å². The van der Waals surface area contributed by atoms with Gasteiger partial charge in [-0.15, -0.1) is 0 Å². The first-order chi connectivity index (χ1) is 12.4. The van der Waals surface area contributed by atoms with Crippen molar-refractivity contribution in [2.45, 2.75) is 38.5 Å². The van der Waals surface area contributed by atoms with E-state index in [9.17, 15) is 13.2 Å². The molecule has 1 aromatic heterocycles. The van der Waals surface area contributed by atoms with Crippen LogP contribution in [0.1, 0.15) is 44.1 Å². The molecule has 3 heterocycles. The van der Waals surface area contributed by atoms with Crippen molar-refractivity contribution in [1.82, 2.24) is 18.4 Å². The number of carbonyl (C=O) groups excluding carboxylic acids is 1. The molecule has 0 aromatic carbocycles. The Morgan fingerprint density at radius 2 is 1.73 bits per heavy atom. The maximum Gasteiger partial charge on any atom is 0.302 e. The third kappa shape index (κ3) is 4.44. The number of hydrogen-bond donors (Lipinski definition) is 0. The van der Waals surface area contributed by atoms with Crippen LogP contribution >= 0.6 is 0 Å². The van der Waals surface area contributed by atoms with Gasteiger partial charge in [-0.05, 0) is 43.1 Å². The molecule has 0 N–H and O–H groups in total. The number of piperidine rings is 2. The Hall–Kier alpha value is -1.45. The highest BCUT2D eigenvalue weighted by Crippen LogP contribution is 2.30. The van der Waals surface area contributed by atoms with Crippen molar-refractivity contribution in [3.05, 3.63) is 18.0 Å². The Bertz CT molecular complexity index is 717. The molecule has 0 bridgehead atoms. The van der Waals surface area contributed by atoms with Crippen molar-refractivity contribution in [2.75, 3.05) is 32.8 Å². The topological polar surface area (TPSA) is 84.7 Å². The van der Waals surface area contributed by atoms with Crippen molar-refractivity contribution in [3.63, 3.8) is 0 Å².